The number of hydrogen-bond donors (Lipinski definition) is 2. The van der Waals surface area contributed by atoms with Gasteiger partial charge < -0.3 is 10.4 Å². The Labute approximate surface area is 104 Å². The lowest BCUT2D eigenvalue weighted by Gasteiger charge is -2.11. The van der Waals surface area contributed by atoms with E-state index in [0.717, 1.165) is 12.1 Å². The van der Waals surface area contributed by atoms with Crippen LogP contribution in [0.5, 0.6) is 0 Å². The summed E-state index contributed by atoms with van der Waals surface area (Å²) in [6, 6.07) is 3.35. The van der Waals surface area contributed by atoms with Gasteiger partial charge in [-0.1, -0.05) is 15.9 Å². The molecule has 0 saturated carbocycles. The fourth-order valence-corrected chi connectivity index (χ4v) is 1.66. The van der Waals surface area contributed by atoms with Crippen molar-refractivity contribution in [3.8, 4) is 0 Å². The van der Waals surface area contributed by atoms with Crippen LogP contribution in [0.2, 0.25) is 0 Å². The minimum atomic E-state index is -4.42. The molecule has 0 amide bonds. The zero-order valence-corrected chi connectivity index (χ0v) is 10.1. The molecule has 17 heavy (non-hydrogen) atoms. The van der Waals surface area contributed by atoms with E-state index in [4.69, 9.17) is 5.11 Å². The Hall–Kier alpha value is -1.24. The van der Waals surface area contributed by atoms with Crippen molar-refractivity contribution in [3.63, 3.8) is 0 Å². The Morgan fingerprint density at radius 1 is 1.35 bits per heavy atom. The van der Waals surface area contributed by atoms with Crippen LogP contribution < -0.4 is 5.32 Å². The van der Waals surface area contributed by atoms with Crippen LogP contribution in [0, 0.1) is 0 Å². The number of alkyl halides is 3. The molecule has 1 rings (SSSR count). The predicted octanol–water partition coefficient (Wildman–Crippen LogP) is 3.35. The molecular formula is C10H9BrF3NO2. The molecule has 0 aromatic heterocycles. The summed E-state index contributed by atoms with van der Waals surface area (Å²) in [5, 5.41) is 11.0. The van der Waals surface area contributed by atoms with Crippen molar-refractivity contribution in [2.24, 2.45) is 0 Å². The molecule has 0 spiro atoms. The topological polar surface area (TPSA) is 49.3 Å². The van der Waals surface area contributed by atoms with Gasteiger partial charge in [-0.25, -0.2) is 0 Å². The summed E-state index contributed by atoms with van der Waals surface area (Å²) in [6.07, 6.45) is -4.58. The third-order valence-electron chi connectivity index (χ3n) is 1.89. The molecule has 2 N–H and O–H groups in total. The van der Waals surface area contributed by atoms with Gasteiger partial charge in [0.15, 0.2) is 0 Å². The monoisotopic (exact) mass is 311 g/mol. The lowest BCUT2D eigenvalue weighted by Crippen LogP contribution is -2.09. The van der Waals surface area contributed by atoms with Gasteiger partial charge in [-0.05, 0) is 18.2 Å². The fourth-order valence-electron chi connectivity index (χ4n) is 1.17. The molecule has 0 unspecified atom stereocenters. The van der Waals surface area contributed by atoms with E-state index in [0.29, 0.717) is 0 Å². The van der Waals surface area contributed by atoms with Crippen molar-refractivity contribution in [1.82, 2.24) is 0 Å². The number of rotatable bonds is 4. The van der Waals surface area contributed by atoms with Gasteiger partial charge >= 0.3 is 12.1 Å². The number of halogens is 4. The molecule has 7 heteroatoms. The van der Waals surface area contributed by atoms with E-state index in [1.54, 1.807) is 0 Å². The van der Waals surface area contributed by atoms with E-state index in [1.165, 1.54) is 6.07 Å². The molecule has 3 nitrogen and oxygen atoms in total. The maximum Gasteiger partial charge on any atom is 0.416 e. The first-order chi connectivity index (χ1) is 7.79. The van der Waals surface area contributed by atoms with Gasteiger partial charge in [-0.2, -0.15) is 13.2 Å². The molecule has 0 fully saturated rings. The highest BCUT2D eigenvalue weighted by Gasteiger charge is 2.31. The Morgan fingerprint density at radius 3 is 2.53 bits per heavy atom. The van der Waals surface area contributed by atoms with Crippen LogP contribution >= 0.6 is 15.9 Å². The van der Waals surface area contributed by atoms with Gasteiger partial charge in [0.1, 0.15) is 0 Å². The summed E-state index contributed by atoms with van der Waals surface area (Å²) in [4.78, 5) is 10.3. The van der Waals surface area contributed by atoms with Gasteiger partial charge in [0.2, 0.25) is 0 Å². The maximum absolute atomic E-state index is 12.5. The largest absolute Gasteiger partial charge is 0.481 e. The second kappa shape index (κ2) is 5.39. The smallest absolute Gasteiger partial charge is 0.416 e. The van der Waals surface area contributed by atoms with E-state index >= 15 is 0 Å². The molecule has 0 atom stereocenters. The number of anilines is 1. The quantitative estimate of drug-likeness (QED) is 0.896. The summed E-state index contributed by atoms with van der Waals surface area (Å²) in [6.45, 7) is 0.0725. The molecule has 1 aromatic rings. The average molecular weight is 312 g/mol. The first-order valence-corrected chi connectivity index (χ1v) is 5.42. The van der Waals surface area contributed by atoms with Crippen molar-refractivity contribution in [3.05, 3.63) is 28.2 Å². The molecular weight excluding hydrogens is 303 g/mol. The minimum Gasteiger partial charge on any atom is -0.481 e. The Kier molecular flexibility index (Phi) is 4.39. The molecule has 0 aliphatic heterocycles. The predicted molar refractivity (Wildman–Crippen MR) is 59.9 cm³/mol. The number of nitrogens with one attached hydrogen (secondary N) is 1. The third kappa shape index (κ3) is 4.64. The normalized spacial score (nSPS) is 11.3. The highest BCUT2D eigenvalue weighted by atomic mass is 79.9. The SMILES string of the molecule is O=C(O)CCNc1cc(Br)cc(C(F)(F)F)c1. The first kappa shape index (κ1) is 13.8. The number of benzene rings is 1. The Morgan fingerprint density at radius 2 is 2.00 bits per heavy atom. The van der Waals surface area contributed by atoms with Crippen LogP contribution in [0.3, 0.4) is 0 Å². The van der Waals surface area contributed by atoms with Gasteiger partial charge in [0, 0.05) is 16.7 Å². The van der Waals surface area contributed by atoms with Crippen molar-refractivity contribution in [2.75, 3.05) is 11.9 Å². The highest BCUT2D eigenvalue weighted by molar-refractivity contribution is 9.10. The fraction of sp³-hybridized carbons (Fsp3) is 0.300. The van der Waals surface area contributed by atoms with E-state index in [9.17, 15) is 18.0 Å². The second-order valence-electron chi connectivity index (χ2n) is 3.30. The zero-order valence-electron chi connectivity index (χ0n) is 8.51. The maximum atomic E-state index is 12.5. The number of aliphatic carboxylic acids is 1. The van der Waals surface area contributed by atoms with Crippen LogP contribution in [0.1, 0.15) is 12.0 Å². The van der Waals surface area contributed by atoms with Crippen LogP contribution in [-0.2, 0) is 11.0 Å². The number of carbonyl (C=O) groups is 1. The van der Waals surface area contributed by atoms with E-state index in [2.05, 4.69) is 21.2 Å². The van der Waals surface area contributed by atoms with Gasteiger partial charge in [-0.15, -0.1) is 0 Å². The van der Waals surface area contributed by atoms with Gasteiger partial charge in [-0.3, -0.25) is 4.79 Å². The Balaban J connectivity index is 2.79. The summed E-state index contributed by atoms with van der Waals surface area (Å²) in [7, 11) is 0. The molecule has 1 aromatic carbocycles. The molecule has 0 radical (unpaired) electrons. The Bertz CT molecular complexity index is 421. The number of carboxylic acids is 1. The third-order valence-corrected chi connectivity index (χ3v) is 2.35. The van der Waals surface area contributed by atoms with E-state index in [-0.39, 0.29) is 23.1 Å². The van der Waals surface area contributed by atoms with Crippen molar-refractivity contribution < 1.29 is 23.1 Å². The number of carboxylic acid groups (broad SMARTS) is 1. The van der Waals surface area contributed by atoms with Crippen LogP contribution in [0.25, 0.3) is 0 Å². The molecule has 0 saturated heterocycles. The highest BCUT2D eigenvalue weighted by Crippen LogP contribution is 2.33. The molecule has 0 heterocycles. The summed E-state index contributed by atoms with van der Waals surface area (Å²) < 4.78 is 37.6. The van der Waals surface area contributed by atoms with Gasteiger partial charge in [0.25, 0.3) is 0 Å². The molecule has 0 bridgehead atoms. The lowest BCUT2D eigenvalue weighted by molar-refractivity contribution is -0.138. The zero-order chi connectivity index (χ0) is 13.1. The second-order valence-corrected chi connectivity index (χ2v) is 4.21. The summed E-state index contributed by atoms with van der Waals surface area (Å²) in [5.74, 6) is -1.01. The van der Waals surface area contributed by atoms with Crippen LogP contribution in [-0.4, -0.2) is 17.6 Å². The standard InChI is InChI=1S/C10H9BrF3NO2/c11-7-3-6(10(12,13)14)4-8(5-7)15-2-1-9(16)17/h3-5,15H,1-2H2,(H,16,17). The van der Waals surface area contributed by atoms with Crippen molar-refractivity contribution in [2.45, 2.75) is 12.6 Å². The first-order valence-electron chi connectivity index (χ1n) is 4.62. The summed E-state index contributed by atoms with van der Waals surface area (Å²) in [5.41, 5.74) is -0.558. The van der Waals surface area contributed by atoms with E-state index in [1.807, 2.05) is 0 Å². The van der Waals surface area contributed by atoms with Crippen molar-refractivity contribution in [1.29, 1.82) is 0 Å². The molecule has 0 aliphatic carbocycles. The minimum absolute atomic E-state index is 0.0725. The lowest BCUT2D eigenvalue weighted by atomic mass is 10.2. The van der Waals surface area contributed by atoms with Crippen LogP contribution in [0.15, 0.2) is 22.7 Å². The molecule has 94 valence electrons. The number of hydrogen-bond acceptors (Lipinski definition) is 2. The van der Waals surface area contributed by atoms with E-state index < -0.39 is 17.7 Å². The molecule has 0 aliphatic rings. The van der Waals surface area contributed by atoms with Crippen molar-refractivity contribution >= 4 is 27.6 Å². The average Bonchev–Trinajstić information content (AvgIpc) is 2.14. The van der Waals surface area contributed by atoms with Crippen LogP contribution in [0.4, 0.5) is 18.9 Å². The summed E-state index contributed by atoms with van der Waals surface area (Å²) >= 11 is 2.97. The van der Waals surface area contributed by atoms with Gasteiger partial charge in [0.05, 0.1) is 12.0 Å².